The van der Waals surface area contributed by atoms with Crippen molar-refractivity contribution < 1.29 is 14.3 Å². The Morgan fingerprint density at radius 2 is 2.18 bits per heavy atom. The molecule has 1 amide bonds. The average Bonchev–Trinajstić information content (AvgIpc) is 2.95. The van der Waals surface area contributed by atoms with Gasteiger partial charge >= 0.3 is 0 Å². The summed E-state index contributed by atoms with van der Waals surface area (Å²) >= 11 is 0. The topological polar surface area (TPSA) is 65.5 Å². The van der Waals surface area contributed by atoms with Crippen LogP contribution in [0.5, 0.6) is 5.75 Å². The molecule has 0 atom stereocenters. The van der Waals surface area contributed by atoms with Crippen LogP contribution in [-0.2, 0) is 11.3 Å². The summed E-state index contributed by atoms with van der Waals surface area (Å²) in [5.74, 6) is -0.282. The van der Waals surface area contributed by atoms with Crippen LogP contribution < -0.4 is 10.2 Å². The molecule has 2 heterocycles. The maximum absolute atomic E-state index is 13.2. The maximum atomic E-state index is 13.2. The number of hydrogen-bond donors (Lipinski definition) is 2. The second kappa shape index (κ2) is 6.01. The van der Waals surface area contributed by atoms with Crippen LogP contribution in [0.1, 0.15) is 18.4 Å². The number of aromatic hydroxyl groups is 1. The Bertz CT molecular complexity index is 688. The minimum atomic E-state index is -0.643. The van der Waals surface area contributed by atoms with Crippen molar-refractivity contribution in [3.05, 3.63) is 47.9 Å². The Hall–Kier alpha value is -2.63. The summed E-state index contributed by atoms with van der Waals surface area (Å²) in [4.78, 5) is 17.6. The second-order valence-corrected chi connectivity index (χ2v) is 5.15. The third-order valence-electron chi connectivity index (χ3n) is 3.66. The SMILES string of the molecule is O=C1CCCN1c1ccc(NCc2cccc(F)c2O)nc1. The molecule has 0 aliphatic carbocycles. The number of phenolic OH excluding ortho intramolecular Hbond substituents is 1. The van der Waals surface area contributed by atoms with E-state index in [1.54, 1.807) is 29.3 Å². The molecule has 1 aromatic carbocycles. The normalized spacial score (nSPS) is 14.4. The minimum Gasteiger partial charge on any atom is -0.505 e. The molecule has 1 aliphatic rings. The molecule has 0 radical (unpaired) electrons. The summed E-state index contributed by atoms with van der Waals surface area (Å²) in [5, 5.41) is 12.6. The van der Waals surface area contributed by atoms with Gasteiger partial charge in [-0.3, -0.25) is 4.79 Å². The van der Waals surface area contributed by atoms with Gasteiger partial charge in [0, 0.05) is 25.1 Å². The summed E-state index contributed by atoms with van der Waals surface area (Å²) in [5.41, 5.74) is 1.24. The third-order valence-corrected chi connectivity index (χ3v) is 3.66. The zero-order valence-electron chi connectivity index (χ0n) is 11.9. The van der Waals surface area contributed by atoms with E-state index in [2.05, 4.69) is 10.3 Å². The minimum absolute atomic E-state index is 0.118. The smallest absolute Gasteiger partial charge is 0.227 e. The van der Waals surface area contributed by atoms with Gasteiger partial charge in [-0.25, -0.2) is 9.37 Å². The predicted octanol–water partition coefficient (Wildman–Crippen LogP) is 2.67. The van der Waals surface area contributed by atoms with Crippen LogP contribution in [-0.4, -0.2) is 22.5 Å². The van der Waals surface area contributed by atoms with Crippen molar-refractivity contribution in [3.8, 4) is 5.75 Å². The lowest BCUT2D eigenvalue weighted by atomic mass is 10.2. The van der Waals surface area contributed by atoms with Crippen molar-refractivity contribution in [1.29, 1.82) is 0 Å². The van der Waals surface area contributed by atoms with Gasteiger partial charge in [0.1, 0.15) is 5.82 Å². The Morgan fingerprint density at radius 1 is 1.32 bits per heavy atom. The van der Waals surface area contributed by atoms with Crippen LogP contribution >= 0.6 is 0 Å². The van der Waals surface area contributed by atoms with Gasteiger partial charge in [0.05, 0.1) is 11.9 Å². The van der Waals surface area contributed by atoms with E-state index in [9.17, 15) is 14.3 Å². The molecule has 114 valence electrons. The molecular weight excluding hydrogens is 285 g/mol. The van der Waals surface area contributed by atoms with Gasteiger partial charge in [-0.05, 0) is 24.6 Å². The van der Waals surface area contributed by atoms with Crippen molar-refractivity contribution in [3.63, 3.8) is 0 Å². The monoisotopic (exact) mass is 301 g/mol. The Labute approximate surface area is 127 Å². The molecule has 0 saturated carbocycles. The van der Waals surface area contributed by atoms with Crippen LogP contribution in [0.4, 0.5) is 15.9 Å². The fraction of sp³-hybridized carbons (Fsp3) is 0.250. The number of carbonyl (C=O) groups excluding carboxylic acids is 1. The highest BCUT2D eigenvalue weighted by atomic mass is 19.1. The van der Waals surface area contributed by atoms with Gasteiger partial charge in [-0.15, -0.1) is 0 Å². The quantitative estimate of drug-likeness (QED) is 0.911. The van der Waals surface area contributed by atoms with E-state index in [4.69, 9.17) is 0 Å². The third kappa shape index (κ3) is 2.86. The van der Waals surface area contributed by atoms with Crippen LogP contribution in [0.2, 0.25) is 0 Å². The Kier molecular flexibility index (Phi) is 3.91. The first-order valence-electron chi connectivity index (χ1n) is 7.12. The molecular formula is C16H16FN3O2. The van der Waals surface area contributed by atoms with Gasteiger partial charge in [-0.2, -0.15) is 0 Å². The number of pyridine rings is 1. The molecule has 5 nitrogen and oxygen atoms in total. The molecule has 2 N–H and O–H groups in total. The van der Waals surface area contributed by atoms with E-state index in [-0.39, 0.29) is 18.2 Å². The van der Waals surface area contributed by atoms with Gasteiger partial charge in [0.25, 0.3) is 0 Å². The highest BCUT2D eigenvalue weighted by molar-refractivity contribution is 5.95. The van der Waals surface area contributed by atoms with E-state index in [1.807, 2.05) is 6.07 Å². The summed E-state index contributed by atoms with van der Waals surface area (Å²) in [6.45, 7) is 0.989. The zero-order valence-corrected chi connectivity index (χ0v) is 11.9. The van der Waals surface area contributed by atoms with Crippen molar-refractivity contribution in [1.82, 2.24) is 4.98 Å². The van der Waals surface area contributed by atoms with Crippen LogP contribution in [0, 0.1) is 5.82 Å². The number of carbonyl (C=O) groups is 1. The first kappa shape index (κ1) is 14.3. The molecule has 1 saturated heterocycles. The summed E-state index contributed by atoms with van der Waals surface area (Å²) in [7, 11) is 0. The molecule has 0 unspecified atom stereocenters. The number of nitrogens with one attached hydrogen (secondary N) is 1. The summed E-state index contributed by atoms with van der Waals surface area (Å²) < 4.78 is 13.2. The maximum Gasteiger partial charge on any atom is 0.227 e. The van der Waals surface area contributed by atoms with Gasteiger partial charge in [0.2, 0.25) is 5.91 Å². The summed E-state index contributed by atoms with van der Waals surface area (Å²) in [6, 6.07) is 7.98. The van der Waals surface area contributed by atoms with Crippen molar-refractivity contribution in [2.75, 3.05) is 16.8 Å². The molecule has 6 heteroatoms. The van der Waals surface area contributed by atoms with Crippen molar-refractivity contribution >= 4 is 17.4 Å². The Balaban J connectivity index is 1.66. The van der Waals surface area contributed by atoms with Crippen LogP contribution in [0.3, 0.4) is 0 Å². The molecule has 3 rings (SSSR count). The highest BCUT2D eigenvalue weighted by Crippen LogP contribution is 2.23. The molecule has 1 aliphatic heterocycles. The van der Waals surface area contributed by atoms with E-state index < -0.39 is 5.82 Å². The van der Waals surface area contributed by atoms with Gasteiger partial charge in [0.15, 0.2) is 11.6 Å². The largest absolute Gasteiger partial charge is 0.505 e. The van der Waals surface area contributed by atoms with Gasteiger partial charge < -0.3 is 15.3 Å². The molecule has 1 fully saturated rings. The number of benzene rings is 1. The first-order chi connectivity index (χ1) is 10.6. The van der Waals surface area contributed by atoms with E-state index in [0.29, 0.717) is 17.8 Å². The van der Waals surface area contributed by atoms with Gasteiger partial charge in [-0.1, -0.05) is 12.1 Å². The second-order valence-electron chi connectivity index (χ2n) is 5.15. The summed E-state index contributed by atoms with van der Waals surface area (Å²) in [6.07, 6.45) is 3.09. The number of anilines is 2. The lowest BCUT2D eigenvalue weighted by Crippen LogP contribution is -2.23. The fourth-order valence-electron chi connectivity index (χ4n) is 2.46. The van der Waals surface area contributed by atoms with E-state index >= 15 is 0 Å². The predicted molar refractivity (Wildman–Crippen MR) is 81.2 cm³/mol. The van der Waals surface area contributed by atoms with E-state index in [0.717, 1.165) is 18.7 Å². The molecule has 2 aromatic rings. The lowest BCUT2D eigenvalue weighted by molar-refractivity contribution is -0.117. The van der Waals surface area contributed by atoms with Crippen LogP contribution in [0.15, 0.2) is 36.5 Å². The number of nitrogens with zero attached hydrogens (tertiary/aromatic N) is 2. The number of para-hydroxylation sites is 1. The molecule has 1 aromatic heterocycles. The standard InChI is InChI=1S/C16H16FN3O2/c17-13-4-1-3-11(16(13)22)9-18-14-7-6-12(10-19-14)20-8-2-5-15(20)21/h1,3-4,6-7,10,22H,2,5,8-9H2,(H,18,19). The number of aromatic nitrogens is 1. The highest BCUT2D eigenvalue weighted by Gasteiger charge is 2.21. The Morgan fingerprint density at radius 3 is 2.86 bits per heavy atom. The average molecular weight is 301 g/mol. The number of phenols is 1. The number of rotatable bonds is 4. The number of halogens is 1. The molecule has 22 heavy (non-hydrogen) atoms. The zero-order chi connectivity index (χ0) is 15.5. The first-order valence-corrected chi connectivity index (χ1v) is 7.12. The van der Waals surface area contributed by atoms with Crippen molar-refractivity contribution in [2.45, 2.75) is 19.4 Å². The van der Waals surface area contributed by atoms with E-state index in [1.165, 1.54) is 6.07 Å². The fourth-order valence-corrected chi connectivity index (χ4v) is 2.46. The number of hydrogen-bond acceptors (Lipinski definition) is 4. The lowest BCUT2D eigenvalue weighted by Gasteiger charge is -2.15. The molecule has 0 bridgehead atoms. The number of amides is 1. The van der Waals surface area contributed by atoms with Crippen molar-refractivity contribution in [2.24, 2.45) is 0 Å². The van der Waals surface area contributed by atoms with Crippen LogP contribution in [0.25, 0.3) is 0 Å². The molecule has 0 spiro atoms.